The highest BCUT2D eigenvalue weighted by Gasteiger charge is 2.19. The summed E-state index contributed by atoms with van der Waals surface area (Å²) >= 11 is 0. The van der Waals surface area contributed by atoms with Crippen LogP contribution in [0.5, 0.6) is 0 Å². The minimum absolute atomic E-state index is 0.273. The molecule has 0 aliphatic carbocycles. The molecule has 2 N–H and O–H groups in total. The predicted octanol–water partition coefficient (Wildman–Crippen LogP) is 3.50. The van der Waals surface area contributed by atoms with Crippen molar-refractivity contribution in [3.05, 3.63) is 48.3 Å². The molecular weight excluding hydrogens is 264 g/mol. The van der Waals surface area contributed by atoms with Gasteiger partial charge in [0.25, 0.3) is 0 Å². The van der Waals surface area contributed by atoms with Crippen LogP contribution in [0.3, 0.4) is 0 Å². The lowest BCUT2D eigenvalue weighted by Crippen LogP contribution is -1.92. The van der Waals surface area contributed by atoms with Crippen molar-refractivity contribution in [2.45, 2.75) is 19.8 Å². The second-order valence-electron chi connectivity index (χ2n) is 5.12. The van der Waals surface area contributed by atoms with Crippen LogP contribution in [0.25, 0.3) is 22.6 Å². The van der Waals surface area contributed by atoms with Crippen LogP contribution in [-0.2, 0) is 0 Å². The van der Waals surface area contributed by atoms with Gasteiger partial charge in [0.05, 0.1) is 5.56 Å². The van der Waals surface area contributed by atoms with Crippen LogP contribution in [0, 0.1) is 0 Å². The maximum absolute atomic E-state index is 5.92. The first-order chi connectivity index (χ1) is 10.2. The molecule has 0 atom stereocenters. The highest BCUT2D eigenvalue weighted by atomic mass is 16.5. The lowest BCUT2D eigenvalue weighted by molar-refractivity contribution is 0.439. The molecule has 0 unspecified atom stereocenters. The van der Waals surface area contributed by atoms with Gasteiger partial charge in [0.15, 0.2) is 11.5 Å². The maximum Gasteiger partial charge on any atom is 0.230 e. The van der Waals surface area contributed by atoms with Gasteiger partial charge >= 0.3 is 0 Å². The molecule has 3 aromatic rings. The number of benzene rings is 1. The summed E-state index contributed by atoms with van der Waals surface area (Å²) in [5.41, 5.74) is 9.43. The van der Waals surface area contributed by atoms with Gasteiger partial charge in [0, 0.05) is 12.4 Å². The van der Waals surface area contributed by atoms with Crippen LogP contribution < -0.4 is 5.73 Å². The summed E-state index contributed by atoms with van der Waals surface area (Å²) in [6.45, 7) is 4.32. The molecule has 5 heteroatoms. The molecule has 2 aromatic heterocycles. The summed E-state index contributed by atoms with van der Waals surface area (Å²) in [7, 11) is 0. The molecule has 21 heavy (non-hydrogen) atoms. The van der Waals surface area contributed by atoms with Crippen molar-refractivity contribution in [2.75, 3.05) is 5.73 Å². The molecule has 0 spiro atoms. The lowest BCUT2D eigenvalue weighted by atomic mass is 9.98. The van der Waals surface area contributed by atoms with Crippen molar-refractivity contribution < 1.29 is 4.52 Å². The Bertz CT molecular complexity index is 733. The maximum atomic E-state index is 5.92. The number of rotatable bonds is 3. The SMILES string of the molecule is CC(C)c1ccc(-c2c(-c3ncccn3)noc2N)cc1. The van der Waals surface area contributed by atoms with E-state index in [1.54, 1.807) is 18.5 Å². The normalized spacial score (nSPS) is 11.0. The fourth-order valence-electron chi connectivity index (χ4n) is 2.19. The molecule has 0 aliphatic rings. The van der Waals surface area contributed by atoms with Crippen LogP contribution >= 0.6 is 0 Å². The number of nitrogens with two attached hydrogens (primary N) is 1. The van der Waals surface area contributed by atoms with Gasteiger partial charge in [-0.3, -0.25) is 0 Å². The van der Waals surface area contributed by atoms with Gasteiger partial charge in [-0.25, -0.2) is 9.97 Å². The minimum atomic E-state index is 0.273. The van der Waals surface area contributed by atoms with Gasteiger partial charge in [-0.15, -0.1) is 0 Å². The molecule has 0 radical (unpaired) electrons. The Hall–Kier alpha value is -2.69. The number of hydrogen-bond acceptors (Lipinski definition) is 5. The van der Waals surface area contributed by atoms with Crippen molar-refractivity contribution in [2.24, 2.45) is 0 Å². The first kappa shape index (κ1) is 13.3. The van der Waals surface area contributed by atoms with Crippen LogP contribution in [-0.4, -0.2) is 15.1 Å². The first-order valence-electron chi connectivity index (χ1n) is 6.79. The monoisotopic (exact) mass is 280 g/mol. The van der Waals surface area contributed by atoms with Gasteiger partial charge in [0.2, 0.25) is 5.88 Å². The smallest absolute Gasteiger partial charge is 0.230 e. The van der Waals surface area contributed by atoms with Gasteiger partial charge in [0.1, 0.15) is 0 Å². The molecule has 0 bridgehead atoms. The van der Waals surface area contributed by atoms with Gasteiger partial charge < -0.3 is 10.3 Å². The summed E-state index contributed by atoms with van der Waals surface area (Å²) < 4.78 is 5.13. The van der Waals surface area contributed by atoms with Crippen molar-refractivity contribution in [3.8, 4) is 22.6 Å². The van der Waals surface area contributed by atoms with Crippen molar-refractivity contribution in [1.82, 2.24) is 15.1 Å². The van der Waals surface area contributed by atoms with Crippen molar-refractivity contribution in [3.63, 3.8) is 0 Å². The van der Waals surface area contributed by atoms with E-state index in [0.717, 1.165) is 11.1 Å². The first-order valence-corrected chi connectivity index (χ1v) is 6.79. The molecule has 2 heterocycles. The highest BCUT2D eigenvalue weighted by molar-refractivity contribution is 5.84. The number of nitrogen functional groups attached to an aromatic ring is 1. The Morgan fingerprint density at radius 3 is 2.33 bits per heavy atom. The second-order valence-corrected chi connectivity index (χ2v) is 5.12. The molecule has 1 aromatic carbocycles. The molecular formula is C16H16N4O. The molecule has 3 rings (SSSR count). The molecule has 0 aliphatic heterocycles. The largest absolute Gasteiger partial charge is 0.367 e. The fraction of sp³-hybridized carbons (Fsp3) is 0.188. The molecule has 106 valence electrons. The van der Waals surface area contributed by atoms with Gasteiger partial charge in [-0.2, -0.15) is 0 Å². The number of aromatic nitrogens is 3. The van der Waals surface area contributed by atoms with E-state index in [1.807, 2.05) is 12.1 Å². The summed E-state index contributed by atoms with van der Waals surface area (Å²) in [6.07, 6.45) is 3.33. The summed E-state index contributed by atoms with van der Waals surface area (Å²) in [4.78, 5) is 8.41. The van der Waals surface area contributed by atoms with Crippen molar-refractivity contribution >= 4 is 5.88 Å². The van der Waals surface area contributed by atoms with Crippen LogP contribution in [0.1, 0.15) is 25.3 Å². The predicted molar refractivity (Wildman–Crippen MR) is 81.5 cm³/mol. The highest BCUT2D eigenvalue weighted by Crippen LogP contribution is 2.35. The number of anilines is 1. The summed E-state index contributed by atoms with van der Waals surface area (Å²) in [5.74, 6) is 1.26. The summed E-state index contributed by atoms with van der Waals surface area (Å²) in [5, 5.41) is 3.99. The number of hydrogen-bond donors (Lipinski definition) is 1. The molecule has 0 saturated heterocycles. The molecule has 0 fully saturated rings. The van der Waals surface area contributed by atoms with Crippen molar-refractivity contribution in [1.29, 1.82) is 0 Å². The minimum Gasteiger partial charge on any atom is -0.367 e. The van der Waals surface area contributed by atoms with Gasteiger partial charge in [-0.05, 0) is 23.1 Å². The zero-order valence-corrected chi connectivity index (χ0v) is 11.9. The summed E-state index contributed by atoms with van der Waals surface area (Å²) in [6, 6.07) is 9.96. The van der Waals surface area contributed by atoms with E-state index < -0.39 is 0 Å². The quantitative estimate of drug-likeness (QED) is 0.794. The average molecular weight is 280 g/mol. The molecule has 0 saturated carbocycles. The van der Waals surface area contributed by atoms with E-state index in [0.29, 0.717) is 17.4 Å². The fourth-order valence-corrected chi connectivity index (χ4v) is 2.19. The molecule has 5 nitrogen and oxygen atoms in total. The molecule has 0 amide bonds. The number of nitrogens with zero attached hydrogens (tertiary/aromatic N) is 3. The third-order valence-electron chi connectivity index (χ3n) is 3.36. The second kappa shape index (κ2) is 5.36. The van der Waals surface area contributed by atoms with E-state index in [-0.39, 0.29) is 5.88 Å². The van der Waals surface area contributed by atoms with E-state index in [4.69, 9.17) is 10.3 Å². The standard InChI is InChI=1S/C16H16N4O/c1-10(2)11-4-6-12(7-5-11)13-14(20-21-15(13)17)16-18-8-3-9-19-16/h3-10H,17H2,1-2H3. The average Bonchev–Trinajstić information content (AvgIpc) is 2.90. The van der Waals surface area contributed by atoms with Crippen LogP contribution in [0.2, 0.25) is 0 Å². The van der Waals surface area contributed by atoms with E-state index in [2.05, 4.69) is 41.1 Å². The zero-order valence-electron chi connectivity index (χ0n) is 11.9. The Morgan fingerprint density at radius 2 is 1.71 bits per heavy atom. The Kier molecular flexibility index (Phi) is 3.39. The van der Waals surface area contributed by atoms with Crippen LogP contribution in [0.4, 0.5) is 5.88 Å². The lowest BCUT2D eigenvalue weighted by Gasteiger charge is -2.07. The Balaban J connectivity index is 2.08. The zero-order chi connectivity index (χ0) is 14.8. The third kappa shape index (κ3) is 2.50. The van der Waals surface area contributed by atoms with Crippen LogP contribution in [0.15, 0.2) is 47.2 Å². The Labute approximate surface area is 122 Å². The third-order valence-corrected chi connectivity index (χ3v) is 3.36. The van der Waals surface area contributed by atoms with Gasteiger partial charge in [-0.1, -0.05) is 43.3 Å². The Morgan fingerprint density at radius 1 is 1.05 bits per heavy atom. The topological polar surface area (TPSA) is 77.8 Å². The van der Waals surface area contributed by atoms with E-state index >= 15 is 0 Å². The van der Waals surface area contributed by atoms with E-state index in [9.17, 15) is 0 Å². The van der Waals surface area contributed by atoms with E-state index in [1.165, 1.54) is 5.56 Å².